The fourth-order valence-corrected chi connectivity index (χ4v) is 3.32. The molecule has 3 aromatic rings. The average molecular weight is 344 g/mol. The van der Waals surface area contributed by atoms with Gasteiger partial charge < -0.3 is 11.1 Å². The van der Waals surface area contributed by atoms with Crippen LogP contribution in [0.3, 0.4) is 0 Å². The van der Waals surface area contributed by atoms with Crippen molar-refractivity contribution in [1.82, 2.24) is 9.97 Å². The minimum Gasteiger partial charge on any atom is -0.399 e. The maximum absolute atomic E-state index is 12.3. The molecule has 1 aliphatic rings. The summed E-state index contributed by atoms with van der Waals surface area (Å²) in [6.45, 7) is 1.87. The topological polar surface area (TPSA) is 80.9 Å². The smallest absolute Gasteiger partial charge is 0.229 e. The Balaban J connectivity index is 1.60. The van der Waals surface area contributed by atoms with E-state index in [0.29, 0.717) is 12.2 Å². The van der Waals surface area contributed by atoms with Gasteiger partial charge in [-0.05, 0) is 43.0 Å². The van der Waals surface area contributed by atoms with Crippen LogP contribution in [0.4, 0.5) is 11.5 Å². The summed E-state index contributed by atoms with van der Waals surface area (Å²) in [5.41, 5.74) is 12.4. The highest BCUT2D eigenvalue weighted by Gasteiger charge is 2.21. The van der Waals surface area contributed by atoms with E-state index >= 15 is 0 Å². The van der Waals surface area contributed by atoms with Crippen molar-refractivity contribution < 1.29 is 4.79 Å². The minimum absolute atomic E-state index is 0.0856. The fourth-order valence-electron chi connectivity index (χ4n) is 3.32. The van der Waals surface area contributed by atoms with Gasteiger partial charge in [-0.1, -0.05) is 36.4 Å². The van der Waals surface area contributed by atoms with Gasteiger partial charge in [-0.25, -0.2) is 9.97 Å². The van der Waals surface area contributed by atoms with Gasteiger partial charge in [0.2, 0.25) is 5.91 Å². The van der Waals surface area contributed by atoms with Gasteiger partial charge in [-0.15, -0.1) is 0 Å². The van der Waals surface area contributed by atoms with Gasteiger partial charge in [0, 0.05) is 11.3 Å². The molecule has 130 valence electrons. The van der Waals surface area contributed by atoms with Gasteiger partial charge in [0.25, 0.3) is 0 Å². The molecule has 0 saturated heterocycles. The molecule has 4 rings (SSSR count). The first-order chi connectivity index (χ1) is 12.6. The number of fused-ring (bicyclic) bond motifs is 3. The van der Waals surface area contributed by atoms with Crippen molar-refractivity contribution in [1.29, 1.82) is 0 Å². The molecule has 3 N–H and O–H groups in total. The zero-order valence-electron chi connectivity index (χ0n) is 14.6. The summed E-state index contributed by atoms with van der Waals surface area (Å²) in [4.78, 5) is 21.8. The summed E-state index contributed by atoms with van der Waals surface area (Å²) < 4.78 is 0. The molecule has 0 unspecified atom stereocenters. The number of carbonyl (C=O) groups is 1. The van der Waals surface area contributed by atoms with Crippen LogP contribution in [0.15, 0.2) is 48.5 Å². The molecular weight excluding hydrogens is 324 g/mol. The molecule has 1 heterocycles. The van der Waals surface area contributed by atoms with E-state index in [4.69, 9.17) is 15.7 Å². The van der Waals surface area contributed by atoms with Crippen molar-refractivity contribution in [3.05, 3.63) is 71.0 Å². The molecule has 0 atom stereocenters. The van der Waals surface area contributed by atoms with Gasteiger partial charge in [-0.3, -0.25) is 4.79 Å². The molecule has 0 radical (unpaired) electrons. The van der Waals surface area contributed by atoms with Crippen molar-refractivity contribution in [3.8, 4) is 11.3 Å². The van der Waals surface area contributed by atoms with Crippen LogP contribution in [0.25, 0.3) is 11.3 Å². The standard InChI is InChI=1S/C21H20N4O/c1-13-21(25-19(26)11-14-5-3-2-4-6-14)24-18-10-7-15-12-16(22)8-9-17(15)20(18)23-13/h2-6,8-9,12H,7,10-11,22H2,1H3,(H,24,25,26). The van der Waals surface area contributed by atoms with E-state index in [1.54, 1.807) is 0 Å². The third kappa shape index (κ3) is 3.16. The Morgan fingerprint density at radius 3 is 2.73 bits per heavy atom. The number of nitrogens with two attached hydrogens (primary N) is 1. The van der Waals surface area contributed by atoms with Crippen molar-refractivity contribution in [3.63, 3.8) is 0 Å². The van der Waals surface area contributed by atoms with Crippen LogP contribution in [0.1, 0.15) is 22.5 Å². The maximum atomic E-state index is 12.3. The second-order valence-corrected chi connectivity index (χ2v) is 6.58. The first-order valence-corrected chi connectivity index (χ1v) is 8.70. The first-order valence-electron chi connectivity index (χ1n) is 8.70. The number of amides is 1. The number of anilines is 2. The van der Waals surface area contributed by atoms with Crippen molar-refractivity contribution in [2.45, 2.75) is 26.2 Å². The van der Waals surface area contributed by atoms with Crippen LogP contribution in [0.2, 0.25) is 0 Å². The minimum atomic E-state index is -0.0856. The molecule has 0 aliphatic heterocycles. The van der Waals surface area contributed by atoms with E-state index < -0.39 is 0 Å². The molecule has 1 amide bonds. The van der Waals surface area contributed by atoms with E-state index in [2.05, 4.69) is 5.32 Å². The highest BCUT2D eigenvalue weighted by atomic mass is 16.1. The number of hydrogen-bond acceptors (Lipinski definition) is 4. The lowest BCUT2D eigenvalue weighted by molar-refractivity contribution is -0.115. The summed E-state index contributed by atoms with van der Waals surface area (Å²) in [6.07, 6.45) is 1.99. The second-order valence-electron chi connectivity index (χ2n) is 6.58. The SMILES string of the molecule is Cc1nc2c(nc1NC(=O)Cc1ccccc1)CCc1cc(N)ccc1-2. The van der Waals surface area contributed by atoms with Crippen LogP contribution in [-0.4, -0.2) is 15.9 Å². The number of benzene rings is 2. The maximum Gasteiger partial charge on any atom is 0.229 e. The summed E-state index contributed by atoms with van der Waals surface area (Å²) >= 11 is 0. The van der Waals surface area contributed by atoms with Gasteiger partial charge in [0.1, 0.15) is 0 Å². The van der Waals surface area contributed by atoms with Crippen molar-refractivity contribution >= 4 is 17.4 Å². The predicted molar refractivity (Wildman–Crippen MR) is 103 cm³/mol. The Labute approximate surface area is 152 Å². The van der Waals surface area contributed by atoms with E-state index in [1.165, 1.54) is 5.56 Å². The Bertz CT molecular complexity index is 983. The Kier molecular flexibility index (Phi) is 4.13. The molecular formula is C21H20N4O. The third-order valence-electron chi connectivity index (χ3n) is 4.62. The first kappa shape index (κ1) is 16.3. The van der Waals surface area contributed by atoms with Gasteiger partial charge in [0.15, 0.2) is 5.82 Å². The molecule has 5 nitrogen and oxygen atoms in total. The van der Waals surface area contributed by atoms with Crippen LogP contribution in [0.5, 0.6) is 0 Å². The molecule has 0 fully saturated rings. The highest BCUT2D eigenvalue weighted by molar-refractivity contribution is 5.92. The van der Waals surface area contributed by atoms with Crippen molar-refractivity contribution in [2.24, 2.45) is 0 Å². The number of carbonyl (C=O) groups excluding carboxylic acids is 1. The Morgan fingerprint density at radius 1 is 1.12 bits per heavy atom. The predicted octanol–water partition coefficient (Wildman–Crippen LogP) is 3.31. The second kappa shape index (κ2) is 6.59. The van der Waals surface area contributed by atoms with E-state index in [-0.39, 0.29) is 5.91 Å². The monoisotopic (exact) mass is 344 g/mol. The van der Waals surface area contributed by atoms with E-state index in [0.717, 1.165) is 46.7 Å². The highest BCUT2D eigenvalue weighted by Crippen LogP contribution is 2.33. The summed E-state index contributed by atoms with van der Waals surface area (Å²) in [6, 6.07) is 15.6. The molecule has 26 heavy (non-hydrogen) atoms. The zero-order valence-corrected chi connectivity index (χ0v) is 14.6. The zero-order chi connectivity index (χ0) is 18.1. The van der Waals surface area contributed by atoms with E-state index in [1.807, 2.05) is 55.5 Å². The summed E-state index contributed by atoms with van der Waals surface area (Å²) in [5, 5.41) is 2.91. The Hall–Kier alpha value is -3.21. The number of aryl methyl sites for hydroxylation is 3. The lowest BCUT2D eigenvalue weighted by Gasteiger charge is -2.20. The summed E-state index contributed by atoms with van der Waals surface area (Å²) in [7, 11) is 0. The van der Waals surface area contributed by atoms with Gasteiger partial charge >= 0.3 is 0 Å². The average Bonchev–Trinajstić information content (AvgIpc) is 2.63. The van der Waals surface area contributed by atoms with Crippen molar-refractivity contribution in [2.75, 3.05) is 11.1 Å². The largest absolute Gasteiger partial charge is 0.399 e. The van der Waals surface area contributed by atoms with Crippen LogP contribution < -0.4 is 11.1 Å². The Morgan fingerprint density at radius 2 is 1.92 bits per heavy atom. The third-order valence-corrected chi connectivity index (χ3v) is 4.62. The van der Waals surface area contributed by atoms with Crippen LogP contribution in [-0.2, 0) is 24.1 Å². The lowest BCUT2D eigenvalue weighted by atomic mass is 9.91. The number of hydrogen-bond donors (Lipinski definition) is 2. The normalized spacial score (nSPS) is 12.2. The molecule has 5 heteroatoms. The number of aromatic nitrogens is 2. The number of nitrogens with one attached hydrogen (secondary N) is 1. The lowest BCUT2D eigenvalue weighted by Crippen LogP contribution is -2.19. The fraction of sp³-hybridized carbons (Fsp3) is 0.190. The van der Waals surface area contributed by atoms with Crippen LogP contribution >= 0.6 is 0 Å². The van der Waals surface area contributed by atoms with Gasteiger partial charge in [0.05, 0.1) is 23.5 Å². The quantitative estimate of drug-likeness (QED) is 0.714. The van der Waals surface area contributed by atoms with E-state index in [9.17, 15) is 4.79 Å². The molecule has 0 spiro atoms. The number of rotatable bonds is 3. The molecule has 0 saturated carbocycles. The molecule has 2 aromatic carbocycles. The van der Waals surface area contributed by atoms with Gasteiger partial charge in [-0.2, -0.15) is 0 Å². The molecule has 1 aliphatic carbocycles. The summed E-state index contributed by atoms with van der Waals surface area (Å²) in [5.74, 6) is 0.459. The molecule has 0 bridgehead atoms. The number of nitrogen functional groups attached to an aromatic ring is 1. The number of nitrogens with zero attached hydrogens (tertiary/aromatic N) is 2. The van der Waals surface area contributed by atoms with Crippen LogP contribution in [0, 0.1) is 6.92 Å². The molecule has 1 aromatic heterocycles.